The first-order valence-electron chi connectivity index (χ1n) is 6.08. The van der Waals surface area contributed by atoms with Gasteiger partial charge in [-0.3, -0.25) is 4.79 Å². The molecule has 1 aromatic rings. The molecule has 2 rings (SSSR count). The van der Waals surface area contributed by atoms with Gasteiger partial charge in [-0.15, -0.1) is 12.4 Å². The molecule has 106 valence electrons. The predicted octanol–water partition coefficient (Wildman–Crippen LogP) is 1.58. The van der Waals surface area contributed by atoms with E-state index >= 15 is 0 Å². The number of ether oxygens (including phenoxy) is 1. The van der Waals surface area contributed by atoms with Crippen molar-refractivity contribution in [3.05, 3.63) is 30.1 Å². The minimum Gasteiger partial charge on any atom is -0.484 e. The Morgan fingerprint density at radius 3 is 2.74 bits per heavy atom. The molecule has 1 amide bonds. The van der Waals surface area contributed by atoms with Crippen molar-refractivity contribution in [1.82, 2.24) is 4.90 Å². The van der Waals surface area contributed by atoms with Crippen molar-refractivity contribution in [2.75, 3.05) is 19.7 Å². The van der Waals surface area contributed by atoms with Crippen LogP contribution >= 0.6 is 12.4 Å². The molecule has 0 aliphatic carbocycles. The van der Waals surface area contributed by atoms with Gasteiger partial charge < -0.3 is 15.4 Å². The van der Waals surface area contributed by atoms with Gasteiger partial charge in [-0.05, 0) is 37.1 Å². The van der Waals surface area contributed by atoms with Gasteiger partial charge >= 0.3 is 0 Å². The molecule has 0 saturated carbocycles. The van der Waals surface area contributed by atoms with E-state index in [9.17, 15) is 9.18 Å². The van der Waals surface area contributed by atoms with Gasteiger partial charge in [0, 0.05) is 19.1 Å². The third-order valence-corrected chi connectivity index (χ3v) is 3.15. The minimum absolute atomic E-state index is 0. The molecule has 1 aliphatic rings. The van der Waals surface area contributed by atoms with Crippen LogP contribution in [0.5, 0.6) is 5.75 Å². The lowest BCUT2D eigenvalue weighted by molar-refractivity contribution is -0.134. The fourth-order valence-corrected chi connectivity index (χ4v) is 2.17. The monoisotopic (exact) mass is 288 g/mol. The van der Waals surface area contributed by atoms with Gasteiger partial charge in [0.1, 0.15) is 11.6 Å². The highest BCUT2D eigenvalue weighted by Crippen LogP contribution is 2.17. The van der Waals surface area contributed by atoms with Crippen LogP contribution in [0.1, 0.15) is 12.8 Å². The van der Waals surface area contributed by atoms with E-state index in [1.54, 1.807) is 4.90 Å². The lowest BCUT2D eigenvalue weighted by Crippen LogP contribution is -2.42. The van der Waals surface area contributed by atoms with E-state index in [0.29, 0.717) is 12.3 Å². The van der Waals surface area contributed by atoms with Crippen molar-refractivity contribution in [2.24, 2.45) is 5.73 Å². The SMILES string of the molecule is Cl.NCC1CCCN1C(=O)COc1ccc(F)cc1. The van der Waals surface area contributed by atoms with Crippen molar-refractivity contribution in [3.8, 4) is 5.75 Å². The summed E-state index contributed by atoms with van der Waals surface area (Å²) in [6.07, 6.45) is 1.95. The van der Waals surface area contributed by atoms with Crippen LogP contribution in [0.3, 0.4) is 0 Å². The zero-order valence-electron chi connectivity index (χ0n) is 10.5. The Balaban J connectivity index is 0.00000180. The predicted molar refractivity (Wildman–Crippen MR) is 72.9 cm³/mol. The van der Waals surface area contributed by atoms with Gasteiger partial charge in [0.05, 0.1) is 0 Å². The van der Waals surface area contributed by atoms with Crippen molar-refractivity contribution in [1.29, 1.82) is 0 Å². The number of hydrogen-bond acceptors (Lipinski definition) is 3. The molecule has 1 aliphatic heterocycles. The summed E-state index contributed by atoms with van der Waals surface area (Å²) in [4.78, 5) is 13.7. The Hall–Kier alpha value is -1.33. The number of halogens is 2. The van der Waals surface area contributed by atoms with Crippen molar-refractivity contribution >= 4 is 18.3 Å². The third kappa shape index (κ3) is 4.08. The van der Waals surface area contributed by atoms with Gasteiger partial charge in [0.2, 0.25) is 0 Å². The van der Waals surface area contributed by atoms with Gasteiger partial charge in [-0.2, -0.15) is 0 Å². The smallest absolute Gasteiger partial charge is 0.260 e. The number of benzene rings is 1. The van der Waals surface area contributed by atoms with E-state index < -0.39 is 0 Å². The molecule has 6 heteroatoms. The number of hydrogen-bond donors (Lipinski definition) is 1. The molecular weight excluding hydrogens is 271 g/mol. The Labute approximate surface area is 118 Å². The number of rotatable bonds is 4. The van der Waals surface area contributed by atoms with Gasteiger partial charge in [0.15, 0.2) is 6.61 Å². The normalized spacial score (nSPS) is 18.0. The van der Waals surface area contributed by atoms with Crippen LogP contribution in [0.4, 0.5) is 4.39 Å². The van der Waals surface area contributed by atoms with Crippen molar-refractivity contribution in [3.63, 3.8) is 0 Å². The van der Waals surface area contributed by atoms with Crippen LogP contribution < -0.4 is 10.5 Å². The summed E-state index contributed by atoms with van der Waals surface area (Å²) in [7, 11) is 0. The highest BCUT2D eigenvalue weighted by molar-refractivity contribution is 5.85. The first-order chi connectivity index (χ1) is 8.70. The zero-order valence-corrected chi connectivity index (χ0v) is 11.4. The van der Waals surface area contributed by atoms with Crippen LogP contribution in [0, 0.1) is 5.82 Å². The average Bonchev–Trinajstić information content (AvgIpc) is 2.86. The molecule has 0 spiro atoms. The molecule has 0 bridgehead atoms. The highest BCUT2D eigenvalue weighted by atomic mass is 35.5. The summed E-state index contributed by atoms with van der Waals surface area (Å²) < 4.78 is 18.0. The van der Waals surface area contributed by atoms with E-state index in [4.69, 9.17) is 10.5 Å². The second-order valence-electron chi connectivity index (χ2n) is 4.36. The Bertz CT molecular complexity index is 414. The molecule has 2 N–H and O–H groups in total. The largest absolute Gasteiger partial charge is 0.484 e. The molecule has 1 fully saturated rings. The molecule has 1 unspecified atom stereocenters. The molecule has 1 atom stereocenters. The highest BCUT2D eigenvalue weighted by Gasteiger charge is 2.27. The maximum Gasteiger partial charge on any atom is 0.260 e. The van der Waals surface area contributed by atoms with Crippen LogP contribution in [0.2, 0.25) is 0 Å². The minimum atomic E-state index is -0.323. The quantitative estimate of drug-likeness (QED) is 0.915. The van der Waals surface area contributed by atoms with Crippen LogP contribution in [0.15, 0.2) is 24.3 Å². The van der Waals surface area contributed by atoms with Crippen LogP contribution in [-0.4, -0.2) is 36.5 Å². The number of amides is 1. The van der Waals surface area contributed by atoms with Gasteiger partial charge in [-0.25, -0.2) is 4.39 Å². The number of nitrogens with zero attached hydrogens (tertiary/aromatic N) is 1. The Kier molecular flexibility index (Phi) is 6.05. The topological polar surface area (TPSA) is 55.6 Å². The fraction of sp³-hybridized carbons (Fsp3) is 0.462. The molecule has 1 saturated heterocycles. The summed E-state index contributed by atoms with van der Waals surface area (Å²) in [5, 5.41) is 0. The molecule has 19 heavy (non-hydrogen) atoms. The molecule has 0 radical (unpaired) electrons. The number of nitrogens with two attached hydrogens (primary N) is 1. The second-order valence-corrected chi connectivity index (χ2v) is 4.36. The van der Waals surface area contributed by atoms with Crippen molar-refractivity contribution in [2.45, 2.75) is 18.9 Å². The fourth-order valence-electron chi connectivity index (χ4n) is 2.17. The van der Waals surface area contributed by atoms with E-state index in [1.807, 2.05) is 0 Å². The van der Waals surface area contributed by atoms with E-state index in [-0.39, 0.29) is 36.8 Å². The van der Waals surface area contributed by atoms with E-state index in [2.05, 4.69) is 0 Å². The van der Waals surface area contributed by atoms with Crippen molar-refractivity contribution < 1.29 is 13.9 Å². The Morgan fingerprint density at radius 1 is 1.42 bits per heavy atom. The first kappa shape index (κ1) is 15.7. The van der Waals surface area contributed by atoms with E-state index in [0.717, 1.165) is 19.4 Å². The summed E-state index contributed by atoms with van der Waals surface area (Å²) in [6.45, 7) is 1.21. The summed E-state index contributed by atoms with van der Waals surface area (Å²) >= 11 is 0. The van der Waals surface area contributed by atoms with Crippen LogP contribution in [0.25, 0.3) is 0 Å². The van der Waals surface area contributed by atoms with E-state index in [1.165, 1.54) is 24.3 Å². The standard InChI is InChI=1S/C13H17FN2O2.ClH/c14-10-3-5-12(6-4-10)18-9-13(17)16-7-1-2-11(16)8-15;/h3-6,11H,1-2,7-9,15H2;1H. The van der Waals surface area contributed by atoms with Gasteiger partial charge in [0.25, 0.3) is 5.91 Å². The first-order valence-corrected chi connectivity index (χ1v) is 6.08. The average molecular weight is 289 g/mol. The number of carbonyl (C=O) groups excluding carboxylic acids is 1. The second kappa shape index (κ2) is 7.31. The summed E-state index contributed by atoms with van der Waals surface area (Å²) in [5.74, 6) is 0.108. The molecule has 4 nitrogen and oxygen atoms in total. The maximum absolute atomic E-state index is 12.7. The zero-order chi connectivity index (χ0) is 13.0. The van der Waals surface area contributed by atoms with Crippen LogP contribution in [-0.2, 0) is 4.79 Å². The molecular formula is C13H18ClFN2O2. The molecule has 1 aromatic carbocycles. The summed E-state index contributed by atoms with van der Waals surface area (Å²) in [6, 6.07) is 5.76. The lowest BCUT2D eigenvalue weighted by atomic mass is 10.2. The van der Waals surface area contributed by atoms with Gasteiger partial charge in [-0.1, -0.05) is 0 Å². The maximum atomic E-state index is 12.7. The summed E-state index contributed by atoms with van der Waals surface area (Å²) in [5.41, 5.74) is 5.61. The number of likely N-dealkylation sites (tertiary alicyclic amines) is 1. The molecule has 1 heterocycles. The third-order valence-electron chi connectivity index (χ3n) is 3.15. The lowest BCUT2D eigenvalue weighted by Gasteiger charge is -2.23. The number of carbonyl (C=O) groups is 1. The Morgan fingerprint density at radius 2 is 2.11 bits per heavy atom. The molecule has 0 aromatic heterocycles.